The van der Waals surface area contributed by atoms with E-state index < -0.39 is 4.92 Å². The van der Waals surface area contributed by atoms with Gasteiger partial charge in [-0.05, 0) is 31.0 Å². The van der Waals surface area contributed by atoms with Crippen molar-refractivity contribution in [2.75, 3.05) is 13.2 Å². The average molecular weight is 393 g/mol. The van der Waals surface area contributed by atoms with E-state index in [4.69, 9.17) is 21.1 Å². The molecule has 0 saturated heterocycles. The molecule has 0 fully saturated rings. The number of halogens is 1. The zero-order valence-electron chi connectivity index (χ0n) is 15.2. The largest absolute Gasteiger partial charge is 0.490 e. The average Bonchev–Trinajstić information content (AvgIpc) is 2.65. The fourth-order valence-electron chi connectivity index (χ4n) is 2.33. The van der Waals surface area contributed by atoms with Gasteiger partial charge in [0.05, 0.1) is 23.2 Å². The summed E-state index contributed by atoms with van der Waals surface area (Å²) in [5, 5.41) is 13.7. The molecule has 2 aromatic carbocycles. The van der Waals surface area contributed by atoms with Crippen molar-refractivity contribution >= 4 is 23.2 Å². The summed E-state index contributed by atoms with van der Waals surface area (Å²) in [6, 6.07) is 9.10. The molecule has 2 rings (SSSR count). The number of amides is 1. The first-order chi connectivity index (χ1) is 13.0. The maximum Gasteiger partial charge on any atom is 0.269 e. The zero-order chi connectivity index (χ0) is 19.8. The van der Waals surface area contributed by atoms with E-state index in [-0.39, 0.29) is 18.1 Å². The number of ether oxygens (including phenoxy) is 2. The number of hydrogen-bond acceptors (Lipinski definition) is 5. The summed E-state index contributed by atoms with van der Waals surface area (Å²) in [6.07, 6.45) is 0.819. The molecule has 2 aromatic rings. The molecule has 8 heteroatoms. The van der Waals surface area contributed by atoms with Gasteiger partial charge in [0.1, 0.15) is 0 Å². The molecule has 0 saturated carbocycles. The van der Waals surface area contributed by atoms with Gasteiger partial charge in [-0.2, -0.15) is 0 Å². The molecule has 0 aromatic heterocycles. The number of benzene rings is 2. The number of nitro groups is 1. The van der Waals surface area contributed by atoms with Crippen LogP contribution >= 0.6 is 11.6 Å². The number of rotatable bonds is 9. The second kappa shape index (κ2) is 9.78. The highest BCUT2D eigenvalue weighted by molar-refractivity contribution is 6.32. The molecule has 1 N–H and O–H groups in total. The van der Waals surface area contributed by atoms with Gasteiger partial charge in [0.2, 0.25) is 0 Å². The van der Waals surface area contributed by atoms with Gasteiger partial charge >= 0.3 is 0 Å². The third-order valence-electron chi connectivity index (χ3n) is 3.62. The molecule has 1 amide bonds. The van der Waals surface area contributed by atoms with E-state index in [9.17, 15) is 14.9 Å². The molecule has 0 bridgehead atoms. The molecular formula is C19H21ClN2O5. The summed E-state index contributed by atoms with van der Waals surface area (Å²) in [6.45, 7) is 4.94. The Morgan fingerprint density at radius 1 is 1.19 bits per heavy atom. The van der Waals surface area contributed by atoms with Crippen molar-refractivity contribution in [3.63, 3.8) is 0 Å². The number of carbonyl (C=O) groups excluding carboxylic acids is 1. The number of non-ortho nitro benzene ring substituents is 1. The van der Waals surface area contributed by atoms with Crippen LogP contribution in [0.3, 0.4) is 0 Å². The van der Waals surface area contributed by atoms with Crippen LogP contribution in [0.25, 0.3) is 0 Å². The number of hydrogen-bond donors (Lipinski definition) is 1. The molecule has 144 valence electrons. The van der Waals surface area contributed by atoms with Crippen LogP contribution in [0.4, 0.5) is 5.69 Å². The molecule has 0 unspecified atom stereocenters. The molecule has 27 heavy (non-hydrogen) atoms. The lowest BCUT2D eigenvalue weighted by atomic mass is 10.1. The zero-order valence-corrected chi connectivity index (χ0v) is 15.9. The van der Waals surface area contributed by atoms with Crippen LogP contribution in [0.2, 0.25) is 5.02 Å². The molecule has 0 radical (unpaired) electrons. The summed E-state index contributed by atoms with van der Waals surface area (Å²) in [7, 11) is 0. The summed E-state index contributed by atoms with van der Waals surface area (Å²) in [4.78, 5) is 22.7. The van der Waals surface area contributed by atoms with Gasteiger partial charge in [0, 0.05) is 24.2 Å². The van der Waals surface area contributed by atoms with Crippen LogP contribution in [0, 0.1) is 10.1 Å². The van der Waals surface area contributed by atoms with Gasteiger partial charge in [-0.25, -0.2) is 0 Å². The van der Waals surface area contributed by atoms with Crippen molar-refractivity contribution in [2.24, 2.45) is 0 Å². The predicted octanol–water partition coefficient (Wildman–Crippen LogP) is 4.37. The fraction of sp³-hybridized carbons (Fsp3) is 0.316. The summed E-state index contributed by atoms with van der Waals surface area (Å²) >= 11 is 6.27. The Hall–Kier alpha value is -2.80. The van der Waals surface area contributed by atoms with Crippen LogP contribution in [-0.4, -0.2) is 24.0 Å². The van der Waals surface area contributed by atoms with Crippen molar-refractivity contribution in [3.05, 3.63) is 62.7 Å². The lowest BCUT2D eigenvalue weighted by Crippen LogP contribution is -2.23. The second-order valence-electron chi connectivity index (χ2n) is 5.67. The van der Waals surface area contributed by atoms with E-state index in [0.717, 1.165) is 12.0 Å². The Kier molecular flexibility index (Phi) is 7.43. The van der Waals surface area contributed by atoms with Crippen molar-refractivity contribution in [1.29, 1.82) is 0 Å². The van der Waals surface area contributed by atoms with Gasteiger partial charge in [-0.1, -0.05) is 30.7 Å². The number of nitro benzene ring substituents is 1. The highest BCUT2D eigenvalue weighted by Crippen LogP contribution is 2.36. The molecule has 0 aliphatic carbocycles. The van der Waals surface area contributed by atoms with E-state index in [1.54, 1.807) is 18.2 Å². The first-order valence-electron chi connectivity index (χ1n) is 8.56. The predicted molar refractivity (Wildman–Crippen MR) is 103 cm³/mol. The van der Waals surface area contributed by atoms with E-state index >= 15 is 0 Å². The number of nitrogens with one attached hydrogen (secondary N) is 1. The van der Waals surface area contributed by atoms with Gasteiger partial charge < -0.3 is 14.8 Å². The Bertz CT molecular complexity index is 808. The quantitative estimate of drug-likeness (QED) is 0.505. The fourth-order valence-corrected chi connectivity index (χ4v) is 2.59. The SMILES string of the molecule is CCCOc1c(Cl)cc(C(=O)NCc2ccc([N+](=O)[O-])cc2)cc1OCC. The smallest absolute Gasteiger partial charge is 0.269 e. The third kappa shape index (κ3) is 5.59. The highest BCUT2D eigenvalue weighted by atomic mass is 35.5. The molecule has 0 aliphatic rings. The van der Waals surface area contributed by atoms with Crippen LogP contribution in [0.5, 0.6) is 11.5 Å². The third-order valence-corrected chi connectivity index (χ3v) is 3.90. The van der Waals surface area contributed by atoms with E-state index in [2.05, 4.69) is 5.32 Å². The molecule has 0 spiro atoms. The summed E-state index contributed by atoms with van der Waals surface area (Å²) in [5.74, 6) is 0.504. The highest BCUT2D eigenvalue weighted by Gasteiger charge is 2.16. The molecule has 7 nitrogen and oxygen atoms in total. The van der Waals surface area contributed by atoms with Crippen molar-refractivity contribution < 1.29 is 19.2 Å². The first-order valence-corrected chi connectivity index (χ1v) is 8.94. The summed E-state index contributed by atoms with van der Waals surface area (Å²) < 4.78 is 11.2. The summed E-state index contributed by atoms with van der Waals surface area (Å²) in [5.41, 5.74) is 1.09. The van der Waals surface area contributed by atoms with Crippen molar-refractivity contribution in [3.8, 4) is 11.5 Å². The van der Waals surface area contributed by atoms with Crippen molar-refractivity contribution in [2.45, 2.75) is 26.8 Å². The minimum atomic E-state index is -0.470. The monoisotopic (exact) mass is 392 g/mol. The van der Waals surface area contributed by atoms with E-state index in [0.29, 0.717) is 35.3 Å². The first kappa shape index (κ1) is 20.5. The van der Waals surface area contributed by atoms with Gasteiger partial charge in [0.25, 0.3) is 11.6 Å². The van der Waals surface area contributed by atoms with Crippen molar-refractivity contribution in [1.82, 2.24) is 5.32 Å². The van der Waals surface area contributed by atoms with E-state index in [1.807, 2.05) is 13.8 Å². The van der Waals surface area contributed by atoms with E-state index in [1.165, 1.54) is 18.2 Å². The maximum atomic E-state index is 12.5. The Balaban J connectivity index is 2.11. The molecule has 0 heterocycles. The Morgan fingerprint density at radius 3 is 2.48 bits per heavy atom. The minimum Gasteiger partial charge on any atom is -0.490 e. The van der Waals surface area contributed by atoms with Crippen LogP contribution in [0.1, 0.15) is 36.2 Å². The maximum absolute atomic E-state index is 12.5. The van der Waals surface area contributed by atoms with Crippen LogP contribution in [0.15, 0.2) is 36.4 Å². The second-order valence-corrected chi connectivity index (χ2v) is 6.08. The van der Waals surface area contributed by atoms with Gasteiger partial charge in [-0.15, -0.1) is 0 Å². The normalized spacial score (nSPS) is 10.3. The van der Waals surface area contributed by atoms with Crippen LogP contribution in [-0.2, 0) is 6.54 Å². The Morgan fingerprint density at radius 2 is 1.89 bits per heavy atom. The number of carbonyl (C=O) groups is 1. The van der Waals surface area contributed by atoms with Gasteiger partial charge in [0.15, 0.2) is 11.5 Å². The Labute approximate surface area is 162 Å². The molecule has 0 atom stereocenters. The lowest BCUT2D eigenvalue weighted by Gasteiger charge is -2.15. The minimum absolute atomic E-state index is 0.000817. The lowest BCUT2D eigenvalue weighted by molar-refractivity contribution is -0.384. The molecule has 0 aliphatic heterocycles. The number of nitrogens with zero attached hydrogens (tertiary/aromatic N) is 1. The topological polar surface area (TPSA) is 90.7 Å². The standard InChI is InChI=1S/C19H21ClN2O5/c1-3-9-27-18-16(20)10-14(11-17(18)26-4-2)19(23)21-12-13-5-7-15(8-6-13)22(24)25/h5-8,10-11H,3-4,9,12H2,1-2H3,(H,21,23). The van der Waals surface area contributed by atoms with Gasteiger partial charge in [-0.3, -0.25) is 14.9 Å². The molecular weight excluding hydrogens is 372 g/mol. The van der Waals surface area contributed by atoms with Crippen LogP contribution < -0.4 is 14.8 Å².